The van der Waals surface area contributed by atoms with Gasteiger partial charge in [-0.05, 0) is 50.2 Å². The number of hydrogen-bond donors (Lipinski definition) is 1. The molecule has 0 aliphatic rings. The number of anilines is 1. The lowest BCUT2D eigenvalue weighted by molar-refractivity contribution is 0.408. The second kappa shape index (κ2) is 9.52. The number of rotatable bonds is 8. The van der Waals surface area contributed by atoms with E-state index in [9.17, 15) is 13.2 Å². The normalized spacial score (nSPS) is 11.4. The van der Waals surface area contributed by atoms with Gasteiger partial charge in [0.15, 0.2) is 5.82 Å². The highest BCUT2D eigenvalue weighted by atomic mass is 32.2. The van der Waals surface area contributed by atoms with Crippen molar-refractivity contribution in [1.82, 2.24) is 19.7 Å². The molecule has 3 heterocycles. The van der Waals surface area contributed by atoms with Crippen molar-refractivity contribution in [2.75, 3.05) is 18.0 Å². The Hall–Kier alpha value is -3.92. The molecule has 0 amide bonds. The van der Waals surface area contributed by atoms with Gasteiger partial charge >= 0.3 is 0 Å². The van der Waals surface area contributed by atoms with Gasteiger partial charge in [-0.2, -0.15) is 0 Å². The molecule has 3 aromatic heterocycles. The summed E-state index contributed by atoms with van der Waals surface area (Å²) in [7, 11) is -2.26. The minimum atomic E-state index is -3.81. The van der Waals surface area contributed by atoms with Crippen LogP contribution in [0.5, 0.6) is 5.75 Å². The van der Waals surface area contributed by atoms with Gasteiger partial charge < -0.3 is 4.74 Å². The molecule has 4 aromatic rings. The molecule has 10 heteroatoms. The zero-order valence-corrected chi connectivity index (χ0v) is 19.9. The number of sulfonamides is 1. The molecule has 1 N–H and O–H groups in total. The fraction of sp³-hybridized carbons (Fsp3) is 0.208. The van der Waals surface area contributed by atoms with Gasteiger partial charge in [0.1, 0.15) is 10.6 Å². The fourth-order valence-electron chi connectivity index (χ4n) is 3.73. The largest absolute Gasteiger partial charge is 0.495 e. The van der Waals surface area contributed by atoms with Crippen LogP contribution in [0.1, 0.15) is 23.9 Å². The molecule has 1 aromatic carbocycles. The van der Waals surface area contributed by atoms with Crippen LogP contribution >= 0.6 is 0 Å². The highest BCUT2D eigenvalue weighted by Gasteiger charge is 2.24. The first-order valence-electron chi connectivity index (χ1n) is 10.7. The molecular formula is C24H25N5O4S. The Morgan fingerprint density at radius 1 is 1.06 bits per heavy atom. The number of aryl methyl sites for hydroxylation is 1. The second-order valence-electron chi connectivity index (χ2n) is 7.54. The quantitative estimate of drug-likeness (QED) is 0.416. The van der Waals surface area contributed by atoms with E-state index in [2.05, 4.69) is 15.1 Å². The lowest BCUT2D eigenvalue weighted by Crippen LogP contribution is -2.31. The minimum absolute atomic E-state index is 0.0386. The molecule has 0 fully saturated rings. The van der Waals surface area contributed by atoms with Gasteiger partial charge in [-0.1, -0.05) is 18.2 Å². The summed E-state index contributed by atoms with van der Waals surface area (Å²) >= 11 is 0. The molecule has 0 atom stereocenters. The first-order chi connectivity index (χ1) is 16.4. The zero-order chi connectivity index (χ0) is 24.3. The summed E-state index contributed by atoms with van der Waals surface area (Å²) in [4.78, 5) is 21.7. The molecule has 0 spiro atoms. The van der Waals surface area contributed by atoms with Crippen LogP contribution in [0.3, 0.4) is 0 Å². The number of pyridine rings is 2. The minimum Gasteiger partial charge on any atom is -0.495 e. The number of H-pyrrole nitrogens is 1. The van der Waals surface area contributed by atoms with E-state index in [-0.39, 0.29) is 29.2 Å². The van der Waals surface area contributed by atoms with Gasteiger partial charge in [0.05, 0.1) is 18.5 Å². The molecule has 4 rings (SSSR count). The first kappa shape index (κ1) is 23.2. The third kappa shape index (κ3) is 4.32. The van der Waals surface area contributed by atoms with E-state index in [4.69, 9.17) is 4.74 Å². The third-order valence-corrected chi connectivity index (χ3v) is 7.36. The van der Waals surface area contributed by atoms with E-state index in [1.54, 1.807) is 63.6 Å². The average Bonchev–Trinajstić information content (AvgIpc) is 3.14. The molecular weight excluding hydrogens is 454 g/mol. The number of hydrogen-bond acceptors (Lipinski definition) is 6. The first-order valence-corrected chi connectivity index (χ1v) is 12.1. The monoisotopic (exact) mass is 479 g/mol. The Kier molecular flexibility index (Phi) is 6.51. The van der Waals surface area contributed by atoms with E-state index >= 15 is 0 Å². The highest BCUT2D eigenvalue weighted by molar-refractivity contribution is 7.92. The summed E-state index contributed by atoms with van der Waals surface area (Å²) in [5, 5.41) is 3.02. The van der Waals surface area contributed by atoms with Crippen LogP contribution in [0, 0.1) is 6.92 Å². The topological polar surface area (TPSA) is 110 Å². The van der Waals surface area contributed by atoms with Gasteiger partial charge in [0.2, 0.25) is 0 Å². The van der Waals surface area contributed by atoms with Gasteiger partial charge in [-0.25, -0.2) is 18.1 Å². The molecule has 9 nitrogen and oxygen atoms in total. The molecule has 0 aliphatic carbocycles. The molecule has 34 heavy (non-hydrogen) atoms. The van der Waals surface area contributed by atoms with Crippen molar-refractivity contribution in [3.63, 3.8) is 0 Å². The zero-order valence-electron chi connectivity index (χ0n) is 19.1. The van der Waals surface area contributed by atoms with Gasteiger partial charge in [-0.3, -0.25) is 19.2 Å². The molecule has 176 valence electrons. The fourth-order valence-corrected chi connectivity index (χ4v) is 5.15. The number of ether oxygens (including phenoxy) is 1. The lowest BCUT2D eigenvalue weighted by Gasteiger charge is -2.22. The number of aromatic amines is 1. The molecule has 0 saturated heterocycles. The van der Waals surface area contributed by atoms with E-state index in [1.807, 2.05) is 6.07 Å². The van der Waals surface area contributed by atoms with Crippen LogP contribution in [0.4, 0.5) is 5.69 Å². The van der Waals surface area contributed by atoms with Crippen molar-refractivity contribution >= 4 is 15.7 Å². The SMILES string of the molecule is CCN(c1ccccc1)S(=O)(=O)c1ccc(-n2[nH]c(C)c(Cc3ncccc3OC)c2=O)nc1. The van der Waals surface area contributed by atoms with Crippen LogP contribution in [-0.2, 0) is 16.4 Å². The van der Waals surface area contributed by atoms with Crippen molar-refractivity contribution in [3.8, 4) is 11.6 Å². The number of nitrogens with zero attached hydrogens (tertiary/aromatic N) is 4. The van der Waals surface area contributed by atoms with Gasteiger partial charge in [0, 0.05) is 36.6 Å². The van der Waals surface area contributed by atoms with Crippen LogP contribution in [0.15, 0.2) is 76.7 Å². The van der Waals surface area contributed by atoms with Crippen molar-refractivity contribution in [2.24, 2.45) is 0 Å². The third-order valence-electron chi connectivity index (χ3n) is 5.48. The molecule has 0 radical (unpaired) electrons. The van der Waals surface area contributed by atoms with Crippen LogP contribution < -0.4 is 14.6 Å². The Morgan fingerprint density at radius 2 is 1.82 bits per heavy atom. The Labute approximate surface area is 197 Å². The Balaban J connectivity index is 1.65. The van der Waals surface area contributed by atoms with Crippen LogP contribution in [0.25, 0.3) is 5.82 Å². The van der Waals surface area contributed by atoms with E-state index < -0.39 is 10.0 Å². The van der Waals surface area contributed by atoms with E-state index in [1.165, 1.54) is 27.3 Å². The van der Waals surface area contributed by atoms with Crippen LogP contribution in [0.2, 0.25) is 0 Å². The second-order valence-corrected chi connectivity index (χ2v) is 9.40. The number of aromatic nitrogens is 4. The average molecular weight is 480 g/mol. The summed E-state index contributed by atoms with van der Waals surface area (Å²) in [6.07, 6.45) is 3.20. The molecule has 0 aliphatic heterocycles. The van der Waals surface area contributed by atoms with Crippen LogP contribution in [-0.4, -0.2) is 41.8 Å². The Bertz CT molecular complexity index is 1440. The van der Waals surface area contributed by atoms with Gasteiger partial charge in [-0.15, -0.1) is 0 Å². The van der Waals surface area contributed by atoms with Crippen molar-refractivity contribution in [3.05, 3.63) is 94.3 Å². The molecule has 0 bridgehead atoms. The number of para-hydroxylation sites is 1. The predicted molar refractivity (Wildman–Crippen MR) is 129 cm³/mol. The lowest BCUT2D eigenvalue weighted by atomic mass is 10.1. The van der Waals surface area contributed by atoms with Gasteiger partial charge in [0.25, 0.3) is 15.6 Å². The van der Waals surface area contributed by atoms with Crippen molar-refractivity contribution in [2.45, 2.75) is 25.2 Å². The maximum absolute atomic E-state index is 13.2. The van der Waals surface area contributed by atoms with Crippen molar-refractivity contribution < 1.29 is 13.2 Å². The number of benzene rings is 1. The maximum atomic E-state index is 13.2. The highest BCUT2D eigenvalue weighted by Crippen LogP contribution is 2.23. The number of nitrogens with one attached hydrogen (secondary N) is 1. The standard InChI is InChI=1S/C24H25N5O4S/c1-4-28(18-9-6-5-7-10-18)34(31,32)19-12-13-23(26-16-19)29-24(30)20(17(2)27-29)15-21-22(33-3)11-8-14-25-21/h5-14,16,27H,4,15H2,1-3H3. The summed E-state index contributed by atoms with van der Waals surface area (Å²) < 4.78 is 34.3. The van der Waals surface area contributed by atoms with E-state index in [0.717, 1.165) is 0 Å². The number of methoxy groups -OCH3 is 1. The predicted octanol–water partition coefficient (Wildman–Crippen LogP) is 3.08. The summed E-state index contributed by atoms with van der Waals surface area (Å²) in [6, 6.07) is 15.4. The van der Waals surface area contributed by atoms with E-state index in [0.29, 0.717) is 28.4 Å². The summed E-state index contributed by atoms with van der Waals surface area (Å²) in [5.74, 6) is 0.884. The summed E-state index contributed by atoms with van der Waals surface area (Å²) in [6.45, 7) is 3.83. The maximum Gasteiger partial charge on any atom is 0.276 e. The Morgan fingerprint density at radius 3 is 2.47 bits per heavy atom. The van der Waals surface area contributed by atoms with Crippen molar-refractivity contribution in [1.29, 1.82) is 0 Å². The molecule has 0 unspecified atom stereocenters. The summed E-state index contributed by atoms with van der Waals surface area (Å²) in [5.41, 5.74) is 2.12. The smallest absolute Gasteiger partial charge is 0.276 e. The molecule has 0 saturated carbocycles.